The van der Waals surface area contributed by atoms with Crippen molar-refractivity contribution in [1.29, 1.82) is 0 Å². The van der Waals surface area contributed by atoms with Gasteiger partial charge in [0.25, 0.3) is 0 Å². The average molecular weight is 328 g/mol. The van der Waals surface area contributed by atoms with Gasteiger partial charge in [-0.25, -0.2) is 8.42 Å². The summed E-state index contributed by atoms with van der Waals surface area (Å²) in [6, 6.07) is 1.71. The first-order valence-corrected chi connectivity index (χ1v) is 9.02. The van der Waals surface area contributed by atoms with Gasteiger partial charge in [0.15, 0.2) is 15.4 Å². The molecule has 1 aliphatic rings. The van der Waals surface area contributed by atoms with Crippen molar-refractivity contribution in [2.24, 2.45) is 0 Å². The number of nitrogens with zero attached hydrogens (tertiary/aromatic N) is 3. The largest absolute Gasteiger partial charge is 0.357 e. The van der Waals surface area contributed by atoms with Crippen molar-refractivity contribution >= 4 is 21.7 Å². The summed E-state index contributed by atoms with van der Waals surface area (Å²) in [6.45, 7) is 0.553. The molecule has 9 heteroatoms. The highest BCUT2D eigenvalue weighted by Gasteiger charge is 2.45. The lowest BCUT2D eigenvalue weighted by Gasteiger charge is -2.41. The van der Waals surface area contributed by atoms with Crippen LogP contribution in [0.3, 0.4) is 0 Å². The molecule has 2 amide bonds. The Bertz CT molecular complexity index is 656. The van der Waals surface area contributed by atoms with Gasteiger partial charge in [0.05, 0.1) is 6.54 Å². The number of hydrogen-bond donors (Lipinski definition) is 1. The molecule has 0 aliphatic carbocycles. The molecule has 0 radical (unpaired) electrons. The predicted octanol–water partition coefficient (Wildman–Crippen LogP) is -1.01. The Labute approximate surface area is 129 Å². The molecule has 1 saturated heterocycles. The SMILES string of the molecule is CNC(=O)C1(n2cccn2)CCCN(C(=O)CS(C)(=O)=O)C1. The van der Waals surface area contributed by atoms with Gasteiger partial charge in [-0.1, -0.05) is 0 Å². The van der Waals surface area contributed by atoms with E-state index in [-0.39, 0.29) is 12.5 Å². The number of sulfone groups is 1. The maximum atomic E-state index is 12.4. The van der Waals surface area contributed by atoms with Crippen LogP contribution in [0.2, 0.25) is 0 Å². The number of likely N-dealkylation sites (tertiary alicyclic amines) is 1. The molecule has 0 aromatic carbocycles. The topological polar surface area (TPSA) is 101 Å². The highest BCUT2D eigenvalue weighted by atomic mass is 32.2. The van der Waals surface area contributed by atoms with Crippen molar-refractivity contribution in [1.82, 2.24) is 20.0 Å². The van der Waals surface area contributed by atoms with E-state index in [0.717, 1.165) is 6.26 Å². The zero-order chi connectivity index (χ0) is 16.4. The number of piperidine rings is 1. The molecule has 1 atom stereocenters. The number of carbonyl (C=O) groups is 2. The molecule has 1 aliphatic heterocycles. The van der Waals surface area contributed by atoms with Crippen molar-refractivity contribution in [2.75, 3.05) is 32.1 Å². The summed E-state index contributed by atoms with van der Waals surface area (Å²) in [7, 11) is -1.87. The average Bonchev–Trinajstić information content (AvgIpc) is 2.99. The van der Waals surface area contributed by atoms with Crippen molar-refractivity contribution < 1.29 is 18.0 Å². The van der Waals surface area contributed by atoms with E-state index in [2.05, 4.69) is 10.4 Å². The molecule has 22 heavy (non-hydrogen) atoms. The minimum absolute atomic E-state index is 0.114. The first-order chi connectivity index (χ1) is 10.3. The van der Waals surface area contributed by atoms with E-state index in [4.69, 9.17) is 0 Å². The van der Waals surface area contributed by atoms with Crippen molar-refractivity contribution in [2.45, 2.75) is 18.4 Å². The number of aromatic nitrogens is 2. The molecule has 1 aromatic heterocycles. The normalized spacial score (nSPS) is 22.4. The summed E-state index contributed by atoms with van der Waals surface area (Å²) in [6.07, 6.45) is 5.41. The maximum absolute atomic E-state index is 12.4. The van der Waals surface area contributed by atoms with Crippen LogP contribution >= 0.6 is 0 Å². The molecule has 2 heterocycles. The number of likely N-dealkylation sites (N-methyl/N-ethyl adjacent to an activating group) is 1. The smallest absolute Gasteiger partial charge is 0.249 e. The van der Waals surface area contributed by atoms with E-state index in [1.807, 2.05) is 0 Å². The second-order valence-electron chi connectivity index (χ2n) is 5.55. The van der Waals surface area contributed by atoms with E-state index in [0.29, 0.717) is 19.4 Å². The third-order valence-corrected chi connectivity index (χ3v) is 4.57. The van der Waals surface area contributed by atoms with Gasteiger partial charge >= 0.3 is 0 Å². The Kier molecular flexibility index (Phi) is 4.55. The van der Waals surface area contributed by atoms with Crippen molar-refractivity contribution in [3.8, 4) is 0 Å². The molecule has 1 fully saturated rings. The van der Waals surface area contributed by atoms with Crippen LogP contribution in [-0.2, 0) is 25.0 Å². The standard InChI is InChI=1S/C13H20N4O4S/c1-14-12(19)13(17-8-4-6-15-17)5-3-7-16(10-13)11(18)9-22(2,20)21/h4,6,8H,3,5,7,9-10H2,1-2H3,(H,14,19). The van der Waals surface area contributed by atoms with Gasteiger partial charge in [0.1, 0.15) is 5.75 Å². The summed E-state index contributed by atoms with van der Waals surface area (Å²) in [5, 5.41) is 6.76. The molecule has 122 valence electrons. The summed E-state index contributed by atoms with van der Waals surface area (Å²) in [5.41, 5.74) is -0.996. The fourth-order valence-electron chi connectivity index (χ4n) is 2.80. The van der Waals surface area contributed by atoms with E-state index in [1.54, 1.807) is 23.1 Å². The highest BCUT2D eigenvalue weighted by molar-refractivity contribution is 7.91. The van der Waals surface area contributed by atoms with Gasteiger partial charge in [-0.3, -0.25) is 14.3 Å². The summed E-state index contributed by atoms with van der Waals surface area (Å²) in [4.78, 5) is 26.0. The minimum Gasteiger partial charge on any atom is -0.357 e. The molecule has 2 rings (SSSR count). The fraction of sp³-hybridized carbons (Fsp3) is 0.615. The van der Waals surface area contributed by atoms with Crippen molar-refractivity contribution in [3.63, 3.8) is 0 Å². The lowest BCUT2D eigenvalue weighted by Crippen LogP contribution is -2.59. The summed E-state index contributed by atoms with van der Waals surface area (Å²) >= 11 is 0. The number of carbonyl (C=O) groups excluding carboxylic acids is 2. The van der Waals surface area contributed by atoms with Gasteiger partial charge in [0.2, 0.25) is 11.8 Å². The zero-order valence-corrected chi connectivity index (χ0v) is 13.5. The molecule has 0 spiro atoms. The quantitative estimate of drug-likeness (QED) is 0.763. The third kappa shape index (κ3) is 3.29. The van der Waals surface area contributed by atoms with Crippen LogP contribution in [0.5, 0.6) is 0 Å². The van der Waals surface area contributed by atoms with Gasteiger partial charge in [-0.2, -0.15) is 5.10 Å². The summed E-state index contributed by atoms with van der Waals surface area (Å²) < 4.78 is 24.2. The molecule has 0 bridgehead atoms. The zero-order valence-electron chi connectivity index (χ0n) is 12.7. The Morgan fingerprint density at radius 1 is 1.41 bits per heavy atom. The molecule has 8 nitrogen and oxygen atoms in total. The number of nitrogens with one attached hydrogen (secondary N) is 1. The molecule has 1 unspecified atom stereocenters. The fourth-order valence-corrected chi connectivity index (χ4v) is 3.43. The maximum Gasteiger partial charge on any atom is 0.249 e. The summed E-state index contributed by atoms with van der Waals surface area (Å²) in [5.74, 6) is -1.27. The van der Waals surface area contributed by atoms with E-state index < -0.39 is 27.0 Å². The number of amides is 2. The third-order valence-electron chi connectivity index (χ3n) is 3.80. The van der Waals surface area contributed by atoms with Crippen LogP contribution in [0.25, 0.3) is 0 Å². The number of rotatable bonds is 4. The van der Waals surface area contributed by atoms with Gasteiger partial charge in [-0.05, 0) is 18.9 Å². The number of hydrogen-bond acceptors (Lipinski definition) is 5. The monoisotopic (exact) mass is 328 g/mol. The Morgan fingerprint density at radius 2 is 2.14 bits per heavy atom. The van der Waals surface area contributed by atoms with Gasteiger partial charge in [0, 0.05) is 32.2 Å². The van der Waals surface area contributed by atoms with Crippen LogP contribution in [0.4, 0.5) is 0 Å². The minimum atomic E-state index is -3.40. The van der Waals surface area contributed by atoms with E-state index >= 15 is 0 Å². The molecular formula is C13H20N4O4S. The van der Waals surface area contributed by atoms with Crippen LogP contribution in [0, 0.1) is 0 Å². The Morgan fingerprint density at radius 3 is 2.68 bits per heavy atom. The Balaban J connectivity index is 2.29. The van der Waals surface area contributed by atoms with Crippen LogP contribution in [-0.4, -0.2) is 67.1 Å². The predicted molar refractivity (Wildman–Crippen MR) is 79.8 cm³/mol. The molecule has 1 N–H and O–H groups in total. The van der Waals surface area contributed by atoms with Gasteiger partial charge < -0.3 is 10.2 Å². The van der Waals surface area contributed by atoms with Crippen LogP contribution in [0.1, 0.15) is 12.8 Å². The first-order valence-electron chi connectivity index (χ1n) is 6.96. The lowest BCUT2D eigenvalue weighted by atomic mass is 9.88. The van der Waals surface area contributed by atoms with Crippen LogP contribution in [0.15, 0.2) is 18.5 Å². The van der Waals surface area contributed by atoms with E-state index in [1.165, 1.54) is 11.9 Å². The Hall–Kier alpha value is -1.90. The van der Waals surface area contributed by atoms with Crippen LogP contribution < -0.4 is 5.32 Å². The highest BCUT2D eigenvalue weighted by Crippen LogP contribution is 2.29. The van der Waals surface area contributed by atoms with Crippen molar-refractivity contribution in [3.05, 3.63) is 18.5 Å². The lowest BCUT2D eigenvalue weighted by molar-refractivity contribution is -0.139. The molecule has 1 aromatic rings. The second kappa shape index (κ2) is 6.07. The first kappa shape index (κ1) is 16.5. The second-order valence-corrected chi connectivity index (χ2v) is 7.69. The molecule has 0 saturated carbocycles. The molecular weight excluding hydrogens is 308 g/mol. The van der Waals surface area contributed by atoms with Gasteiger partial charge in [-0.15, -0.1) is 0 Å². The van der Waals surface area contributed by atoms with E-state index in [9.17, 15) is 18.0 Å².